The zero-order valence-electron chi connectivity index (χ0n) is 5.68. The third-order valence-corrected chi connectivity index (χ3v) is 1.02. The first-order chi connectivity index (χ1) is 3.93. The normalized spacial score (nSPS) is 7.30. The second-order valence-electron chi connectivity index (χ2n) is 1.61. The maximum Gasteiger partial charge on any atom is 2.00 e. The van der Waals surface area contributed by atoms with E-state index in [0.29, 0.717) is 6.54 Å². The van der Waals surface area contributed by atoms with Gasteiger partial charge in [-0.3, -0.25) is 0 Å². The SMILES string of the molecule is NCc1cc[c-]cc1.[Br-].[Mg+2]. The van der Waals surface area contributed by atoms with E-state index in [1.807, 2.05) is 24.3 Å². The molecule has 3 heteroatoms. The van der Waals surface area contributed by atoms with Crippen LogP contribution in [0.2, 0.25) is 0 Å². The van der Waals surface area contributed by atoms with Crippen molar-refractivity contribution in [1.82, 2.24) is 0 Å². The van der Waals surface area contributed by atoms with Crippen LogP contribution < -0.4 is 22.7 Å². The molecular formula is C7H8BrMgN. The summed E-state index contributed by atoms with van der Waals surface area (Å²) in [5.41, 5.74) is 6.49. The summed E-state index contributed by atoms with van der Waals surface area (Å²) < 4.78 is 0. The van der Waals surface area contributed by atoms with Gasteiger partial charge >= 0.3 is 23.1 Å². The maximum atomic E-state index is 5.34. The van der Waals surface area contributed by atoms with Crippen molar-refractivity contribution >= 4 is 23.1 Å². The summed E-state index contributed by atoms with van der Waals surface area (Å²) in [5.74, 6) is 0. The minimum absolute atomic E-state index is 0. The zero-order valence-corrected chi connectivity index (χ0v) is 8.68. The number of rotatable bonds is 1. The van der Waals surface area contributed by atoms with E-state index in [0.717, 1.165) is 5.56 Å². The number of nitrogens with two attached hydrogens (primary N) is 1. The Hall–Kier alpha value is 0.426. The summed E-state index contributed by atoms with van der Waals surface area (Å²) in [6, 6.07) is 10.6. The zero-order chi connectivity index (χ0) is 5.82. The van der Waals surface area contributed by atoms with Crippen LogP contribution in [0, 0.1) is 6.07 Å². The van der Waals surface area contributed by atoms with Gasteiger partial charge in [0.15, 0.2) is 0 Å². The number of hydrogen-bond donors (Lipinski definition) is 1. The molecule has 1 nitrogen and oxygen atoms in total. The van der Waals surface area contributed by atoms with Gasteiger partial charge in [0.05, 0.1) is 0 Å². The van der Waals surface area contributed by atoms with Gasteiger partial charge in [-0.05, 0) is 6.54 Å². The Kier molecular flexibility index (Phi) is 9.83. The summed E-state index contributed by atoms with van der Waals surface area (Å²) in [4.78, 5) is 0. The second kappa shape index (κ2) is 7.53. The van der Waals surface area contributed by atoms with E-state index in [1.54, 1.807) is 0 Å². The van der Waals surface area contributed by atoms with Crippen LogP contribution in [0.1, 0.15) is 5.56 Å². The molecular weight excluding hydrogens is 202 g/mol. The summed E-state index contributed by atoms with van der Waals surface area (Å²) in [6.45, 7) is 0.620. The van der Waals surface area contributed by atoms with E-state index in [9.17, 15) is 0 Å². The van der Waals surface area contributed by atoms with E-state index in [4.69, 9.17) is 5.73 Å². The molecule has 10 heavy (non-hydrogen) atoms. The van der Waals surface area contributed by atoms with E-state index in [1.165, 1.54) is 0 Å². The van der Waals surface area contributed by atoms with Gasteiger partial charge in [0.2, 0.25) is 0 Å². The van der Waals surface area contributed by atoms with Crippen molar-refractivity contribution in [3.63, 3.8) is 0 Å². The van der Waals surface area contributed by atoms with Crippen LogP contribution in [0.4, 0.5) is 0 Å². The molecule has 0 heterocycles. The molecule has 0 aromatic heterocycles. The van der Waals surface area contributed by atoms with Crippen LogP contribution in [0.5, 0.6) is 0 Å². The molecule has 0 atom stereocenters. The Morgan fingerprint density at radius 1 is 1.30 bits per heavy atom. The first kappa shape index (κ1) is 13.0. The Bertz CT molecular complexity index is 155. The van der Waals surface area contributed by atoms with Crippen LogP contribution in [-0.4, -0.2) is 23.1 Å². The average Bonchev–Trinajstić information content (AvgIpc) is 1.90. The van der Waals surface area contributed by atoms with Gasteiger partial charge < -0.3 is 22.7 Å². The molecule has 0 aliphatic rings. The van der Waals surface area contributed by atoms with Crippen molar-refractivity contribution in [1.29, 1.82) is 0 Å². The van der Waals surface area contributed by atoms with E-state index in [-0.39, 0.29) is 40.0 Å². The fourth-order valence-electron chi connectivity index (χ4n) is 0.557. The minimum atomic E-state index is 0. The Labute approximate surface area is 87.9 Å². The quantitative estimate of drug-likeness (QED) is 0.405. The fourth-order valence-corrected chi connectivity index (χ4v) is 0.557. The van der Waals surface area contributed by atoms with Crippen LogP contribution >= 0.6 is 0 Å². The number of halogens is 1. The third kappa shape index (κ3) is 4.27. The van der Waals surface area contributed by atoms with Crippen LogP contribution in [0.3, 0.4) is 0 Å². The average molecular weight is 210 g/mol. The molecule has 0 saturated heterocycles. The van der Waals surface area contributed by atoms with Crippen LogP contribution in [0.15, 0.2) is 24.3 Å². The predicted octanol–water partition coefficient (Wildman–Crippen LogP) is -2.43. The number of hydrogen-bond acceptors (Lipinski definition) is 1. The molecule has 0 fully saturated rings. The fraction of sp³-hybridized carbons (Fsp3) is 0.143. The topological polar surface area (TPSA) is 26.0 Å². The first-order valence-corrected chi connectivity index (χ1v) is 2.58. The molecule has 1 aromatic carbocycles. The standard InChI is InChI=1S/C7H8N.BrH.Mg/c8-6-7-4-2-1-3-5-7;;/h2-5H,6,8H2;1H;/q-1;;+2/p-1. The third-order valence-electron chi connectivity index (χ3n) is 1.02. The second-order valence-corrected chi connectivity index (χ2v) is 1.61. The monoisotopic (exact) mass is 209 g/mol. The van der Waals surface area contributed by atoms with Gasteiger partial charge in [-0.1, -0.05) is 0 Å². The van der Waals surface area contributed by atoms with Gasteiger partial charge in [-0.15, -0.1) is 5.56 Å². The summed E-state index contributed by atoms with van der Waals surface area (Å²) >= 11 is 0. The van der Waals surface area contributed by atoms with Gasteiger partial charge in [-0.2, -0.15) is 30.3 Å². The molecule has 0 spiro atoms. The summed E-state index contributed by atoms with van der Waals surface area (Å²) in [5, 5.41) is 0. The summed E-state index contributed by atoms with van der Waals surface area (Å²) in [6.07, 6.45) is 0. The van der Waals surface area contributed by atoms with Crippen LogP contribution in [0.25, 0.3) is 0 Å². The Balaban J connectivity index is 0. The molecule has 50 valence electrons. The Morgan fingerprint density at radius 2 is 1.80 bits per heavy atom. The van der Waals surface area contributed by atoms with Crippen molar-refractivity contribution in [3.05, 3.63) is 35.9 Å². The molecule has 0 aliphatic carbocycles. The van der Waals surface area contributed by atoms with Crippen molar-refractivity contribution in [2.75, 3.05) is 0 Å². The molecule has 0 aliphatic heterocycles. The maximum absolute atomic E-state index is 5.34. The number of benzene rings is 1. The van der Waals surface area contributed by atoms with Gasteiger partial charge in [0, 0.05) is 0 Å². The molecule has 0 saturated carbocycles. The molecule has 0 radical (unpaired) electrons. The van der Waals surface area contributed by atoms with Crippen molar-refractivity contribution in [2.24, 2.45) is 5.73 Å². The van der Waals surface area contributed by atoms with E-state index < -0.39 is 0 Å². The van der Waals surface area contributed by atoms with Crippen molar-refractivity contribution < 1.29 is 17.0 Å². The first-order valence-electron chi connectivity index (χ1n) is 2.58. The van der Waals surface area contributed by atoms with E-state index >= 15 is 0 Å². The molecule has 0 bridgehead atoms. The van der Waals surface area contributed by atoms with E-state index in [2.05, 4.69) is 6.07 Å². The molecule has 0 amide bonds. The van der Waals surface area contributed by atoms with Crippen molar-refractivity contribution in [3.8, 4) is 0 Å². The largest absolute Gasteiger partial charge is 2.00 e. The van der Waals surface area contributed by atoms with Crippen LogP contribution in [-0.2, 0) is 6.54 Å². The van der Waals surface area contributed by atoms with Gasteiger partial charge in [-0.25, -0.2) is 0 Å². The van der Waals surface area contributed by atoms with Gasteiger partial charge in [0.25, 0.3) is 0 Å². The smallest absolute Gasteiger partial charge is 1.00 e. The summed E-state index contributed by atoms with van der Waals surface area (Å²) in [7, 11) is 0. The molecule has 1 aromatic rings. The molecule has 0 unspecified atom stereocenters. The molecule has 2 N–H and O–H groups in total. The Morgan fingerprint density at radius 3 is 2.10 bits per heavy atom. The van der Waals surface area contributed by atoms with Gasteiger partial charge in [0.1, 0.15) is 0 Å². The van der Waals surface area contributed by atoms with Crippen molar-refractivity contribution in [2.45, 2.75) is 6.54 Å². The molecule has 1 rings (SSSR count). The minimum Gasteiger partial charge on any atom is -1.00 e. The predicted molar refractivity (Wildman–Crippen MR) is 38.9 cm³/mol.